The number of amides is 3. The van der Waals surface area contributed by atoms with Crippen LogP contribution in [0.25, 0.3) is 0 Å². The van der Waals surface area contributed by atoms with Crippen LogP contribution in [0.3, 0.4) is 0 Å². The first-order valence-corrected chi connectivity index (χ1v) is 12.2. The molecule has 2 atom stereocenters. The minimum Gasteiger partial charge on any atom is -0.444 e. The number of fused-ring (bicyclic) bond motifs is 2. The molecule has 0 aromatic heterocycles. The number of ether oxygens (including phenoxy) is 1. The quantitative estimate of drug-likeness (QED) is 0.565. The van der Waals surface area contributed by atoms with E-state index in [1.807, 2.05) is 72.4 Å². The number of likely N-dealkylation sites (N-methyl/N-ethyl adjacent to an activating group) is 4. The first-order chi connectivity index (χ1) is 17.3. The van der Waals surface area contributed by atoms with Gasteiger partial charge in [0.05, 0.1) is 22.7 Å². The highest BCUT2D eigenvalue weighted by molar-refractivity contribution is 6.03. The predicted molar refractivity (Wildman–Crippen MR) is 155 cm³/mol. The van der Waals surface area contributed by atoms with E-state index in [9.17, 15) is 14.4 Å². The number of para-hydroxylation sites is 4. The second-order valence-electron chi connectivity index (χ2n) is 10.3. The van der Waals surface area contributed by atoms with E-state index in [4.69, 9.17) is 10.5 Å². The summed E-state index contributed by atoms with van der Waals surface area (Å²) in [4.78, 5) is 43.5. The van der Waals surface area contributed by atoms with Crippen molar-refractivity contribution >= 4 is 53.1 Å². The molecule has 11 heteroatoms. The van der Waals surface area contributed by atoms with Crippen LogP contribution in [0.1, 0.15) is 20.8 Å². The molecule has 2 aromatic carbocycles. The molecule has 0 bridgehead atoms. The van der Waals surface area contributed by atoms with Crippen molar-refractivity contribution in [3.63, 3.8) is 0 Å². The fraction of sp³-hybridized carbons (Fsp3) is 0.444. The molecule has 2 aliphatic heterocycles. The van der Waals surface area contributed by atoms with Crippen molar-refractivity contribution in [2.45, 2.75) is 38.5 Å². The predicted octanol–water partition coefficient (Wildman–Crippen LogP) is 2.84. The largest absolute Gasteiger partial charge is 0.444 e. The topological polar surface area (TPSA) is 111 Å². The van der Waals surface area contributed by atoms with E-state index in [0.717, 1.165) is 22.7 Å². The van der Waals surface area contributed by atoms with E-state index in [1.54, 1.807) is 44.7 Å². The van der Waals surface area contributed by atoms with Gasteiger partial charge < -0.3 is 35.4 Å². The summed E-state index contributed by atoms with van der Waals surface area (Å²) in [5, 5.41) is 2.67. The van der Waals surface area contributed by atoms with E-state index in [1.165, 1.54) is 0 Å². The van der Waals surface area contributed by atoms with E-state index in [-0.39, 0.29) is 24.2 Å². The molecule has 0 saturated heterocycles. The summed E-state index contributed by atoms with van der Waals surface area (Å²) in [6, 6.07) is 14.4. The molecular formula is C27H39ClN6O4. The number of carbonyl (C=O) groups is 3. The lowest BCUT2D eigenvalue weighted by molar-refractivity contribution is -0.120. The van der Waals surface area contributed by atoms with E-state index >= 15 is 0 Å². The van der Waals surface area contributed by atoms with Crippen LogP contribution in [0.5, 0.6) is 0 Å². The minimum atomic E-state index is -0.655. The van der Waals surface area contributed by atoms with E-state index in [0.29, 0.717) is 13.1 Å². The van der Waals surface area contributed by atoms with Crippen LogP contribution >= 0.6 is 12.4 Å². The van der Waals surface area contributed by atoms with Gasteiger partial charge in [-0.1, -0.05) is 24.3 Å². The highest BCUT2D eigenvalue weighted by Crippen LogP contribution is 2.31. The molecule has 0 radical (unpaired) electrons. The number of anilines is 4. The number of nitrogens with two attached hydrogens (primary N) is 1. The summed E-state index contributed by atoms with van der Waals surface area (Å²) in [7, 11) is 7.32. The van der Waals surface area contributed by atoms with Gasteiger partial charge in [-0.25, -0.2) is 4.79 Å². The number of halogens is 1. The summed E-state index contributed by atoms with van der Waals surface area (Å²) >= 11 is 0. The van der Waals surface area contributed by atoms with Crippen molar-refractivity contribution in [1.29, 1.82) is 0 Å². The van der Waals surface area contributed by atoms with Gasteiger partial charge in [0, 0.05) is 41.3 Å². The number of nitrogens with one attached hydrogen (secondary N) is 1. The Kier molecular flexibility index (Phi) is 9.99. The number of nitrogens with zero attached hydrogens (tertiary/aromatic N) is 4. The first kappa shape index (κ1) is 30.7. The second-order valence-corrected chi connectivity index (χ2v) is 10.3. The Labute approximate surface area is 231 Å². The highest BCUT2D eigenvalue weighted by atomic mass is 35.5. The molecule has 10 nitrogen and oxygen atoms in total. The van der Waals surface area contributed by atoms with Crippen LogP contribution in [-0.4, -0.2) is 76.9 Å². The first-order valence-electron chi connectivity index (χ1n) is 12.2. The molecule has 4 rings (SSSR count). The fourth-order valence-electron chi connectivity index (χ4n) is 4.34. The van der Waals surface area contributed by atoms with Crippen LogP contribution in [0.2, 0.25) is 0 Å². The normalized spacial score (nSPS) is 19.2. The molecule has 0 fully saturated rings. The zero-order chi connectivity index (χ0) is 27.5. The third-order valence-corrected chi connectivity index (χ3v) is 6.20. The number of benzene rings is 2. The maximum Gasteiger partial charge on any atom is 0.408 e. The van der Waals surface area contributed by atoms with Gasteiger partial charge in [-0.05, 0) is 45.0 Å². The number of rotatable bonds is 1. The third kappa shape index (κ3) is 7.08. The summed E-state index contributed by atoms with van der Waals surface area (Å²) in [6.45, 7) is 6.31. The van der Waals surface area contributed by atoms with Gasteiger partial charge in [0.15, 0.2) is 0 Å². The number of hydrogen-bond donors (Lipinski definition) is 2. The zero-order valence-electron chi connectivity index (χ0n) is 23.1. The average molecular weight is 547 g/mol. The molecule has 2 aromatic rings. The molecule has 0 saturated carbocycles. The molecule has 3 N–H and O–H groups in total. The monoisotopic (exact) mass is 546 g/mol. The molecule has 0 aliphatic carbocycles. The standard InChI is InChI=1S/C16H23N3O3.C11H15N3O.ClH/c1-16(2,3)22-15(21)17-11-10-18(4)12-8-6-7-9-13(12)19(5)14(11)20;1-13-7-8(12)11(15)14(2)10-6-4-3-5-9(10)13;/h6-9,11H,10H2,1-5H3,(H,17,21);3-6,8H,7,12H2,1-2H3;1H/t11-;8-;/m00./s1. The van der Waals surface area contributed by atoms with Crippen LogP contribution < -0.4 is 30.7 Å². The minimum absolute atomic E-state index is 0. The Balaban J connectivity index is 0.000000277. The molecule has 0 unspecified atom stereocenters. The fourth-order valence-corrected chi connectivity index (χ4v) is 4.34. The molecule has 208 valence electrons. The third-order valence-electron chi connectivity index (χ3n) is 6.20. The Morgan fingerprint density at radius 2 is 1.24 bits per heavy atom. The molecule has 0 spiro atoms. The Morgan fingerprint density at radius 3 is 1.71 bits per heavy atom. The van der Waals surface area contributed by atoms with Gasteiger partial charge in [-0.2, -0.15) is 0 Å². The zero-order valence-corrected chi connectivity index (χ0v) is 23.9. The van der Waals surface area contributed by atoms with Crippen molar-refractivity contribution in [2.24, 2.45) is 5.73 Å². The van der Waals surface area contributed by atoms with Crippen LogP contribution in [0, 0.1) is 0 Å². The number of alkyl carbamates (subject to hydrolysis) is 1. The lowest BCUT2D eigenvalue weighted by Crippen LogP contribution is -2.51. The molecule has 2 heterocycles. The van der Waals surface area contributed by atoms with Gasteiger partial charge in [-0.15, -0.1) is 12.4 Å². The smallest absolute Gasteiger partial charge is 0.408 e. The van der Waals surface area contributed by atoms with Crippen LogP contribution in [0.4, 0.5) is 27.5 Å². The summed E-state index contributed by atoms with van der Waals surface area (Å²) < 4.78 is 5.24. The molecule has 38 heavy (non-hydrogen) atoms. The summed E-state index contributed by atoms with van der Waals surface area (Å²) in [6.07, 6.45) is -0.585. The maximum atomic E-state index is 12.6. The van der Waals surface area contributed by atoms with Crippen molar-refractivity contribution < 1.29 is 19.1 Å². The number of hydrogen-bond acceptors (Lipinski definition) is 7. The lowest BCUT2D eigenvalue weighted by Gasteiger charge is -2.25. The summed E-state index contributed by atoms with van der Waals surface area (Å²) in [5.41, 5.74) is 8.94. The molecular weight excluding hydrogens is 508 g/mol. The van der Waals surface area contributed by atoms with Gasteiger partial charge in [0.25, 0.3) is 5.91 Å². The van der Waals surface area contributed by atoms with Gasteiger partial charge in [0.1, 0.15) is 17.7 Å². The van der Waals surface area contributed by atoms with Gasteiger partial charge >= 0.3 is 6.09 Å². The molecule has 3 amide bonds. The van der Waals surface area contributed by atoms with E-state index < -0.39 is 23.8 Å². The average Bonchev–Trinajstić information content (AvgIpc) is 2.98. The second kappa shape index (κ2) is 12.4. The Hall–Kier alpha value is -3.50. The van der Waals surface area contributed by atoms with Crippen LogP contribution in [0.15, 0.2) is 48.5 Å². The Morgan fingerprint density at radius 1 is 0.816 bits per heavy atom. The highest BCUT2D eigenvalue weighted by Gasteiger charge is 2.32. The Bertz CT molecular complexity index is 1150. The molecule has 2 aliphatic rings. The maximum absolute atomic E-state index is 12.6. The summed E-state index contributed by atoms with van der Waals surface area (Å²) in [5.74, 6) is -0.200. The van der Waals surface area contributed by atoms with Crippen molar-refractivity contribution in [2.75, 3.05) is 60.9 Å². The van der Waals surface area contributed by atoms with Crippen molar-refractivity contribution in [3.8, 4) is 0 Å². The van der Waals surface area contributed by atoms with Crippen molar-refractivity contribution in [3.05, 3.63) is 48.5 Å². The van der Waals surface area contributed by atoms with Crippen molar-refractivity contribution in [1.82, 2.24) is 5.32 Å². The SMILES string of the molecule is CN1C[C@H](N)C(=O)N(C)c2ccccc21.CN1C[C@H](NC(=O)OC(C)(C)C)C(=O)N(C)c2ccccc21.Cl. The number of carbonyl (C=O) groups excluding carboxylic acids is 3. The van der Waals surface area contributed by atoms with Gasteiger partial charge in [-0.3, -0.25) is 9.59 Å². The van der Waals surface area contributed by atoms with E-state index in [2.05, 4.69) is 5.32 Å². The van der Waals surface area contributed by atoms with Crippen LogP contribution in [-0.2, 0) is 14.3 Å². The van der Waals surface area contributed by atoms with Gasteiger partial charge in [0.2, 0.25) is 5.91 Å². The lowest BCUT2D eigenvalue weighted by atomic mass is 10.2.